The summed E-state index contributed by atoms with van der Waals surface area (Å²) in [5.41, 5.74) is 4.34. The van der Waals surface area contributed by atoms with Gasteiger partial charge in [0, 0.05) is 0 Å². The van der Waals surface area contributed by atoms with Crippen molar-refractivity contribution in [3.8, 4) is 0 Å². The number of nitrogens with zero attached hydrogens (tertiary/aromatic N) is 1. The fourth-order valence-corrected chi connectivity index (χ4v) is 1.78. The quantitative estimate of drug-likeness (QED) is 0.680. The second-order valence-corrected chi connectivity index (χ2v) is 3.52. The van der Waals surface area contributed by atoms with Crippen molar-refractivity contribution in [2.45, 2.75) is 26.7 Å². The number of aryl methyl sites for hydroxylation is 1. The molecule has 0 radical (unpaired) electrons. The van der Waals surface area contributed by atoms with Gasteiger partial charge in [-0.25, -0.2) is 0 Å². The first-order valence-corrected chi connectivity index (χ1v) is 4.98. The molecule has 0 saturated carbocycles. The van der Waals surface area contributed by atoms with Crippen molar-refractivity contribution in [2.24, 2.45) is 0 Å². The van der Waals surface area contributed by atoms with E-state index in [0.717, 1.165) is 12.8 Å². The predicted molar refractivity (Wildman–Crippen MR) is 60.9 cm³/mol. The van der Waals surface area contributed by atoms with E-state index in [9.17, 15) is 0 Å². The van der Waals surface area contributed by atoms with Gasteiger partial charge < -0.3 is 0 Å². The molecule has 2 heteroatoms. The predicted octanol–water partition coefficient (Wildman–Crippen LogP) is 2.22. The van der Waals surface area contributed by atoms with Crippen LogP contribution in [0.5, 0.6) is 0 Å². The van der Waals surface area contributed by atoms with Gasteiger partial charge in [-0.2, -0.15) is 0 Å². The van der Waals surface area contributed by atoms with Crippen molar-refractivity contribution >= 4 is 12.6 Å². The van der Waals surface area contributed by atoms with Crippen LogP contribution in [0.15, 0.2) is 12.0 Å². The number of anilines is 1. The van der Waals surface area contributed by atoms with E-state index in [1.165, 1.54) is 16.7 Å². The van der Waals surface area contributed by atoms with Crippen LogP contribution in [-0.2, 0) is 12.8 Å². The third kappa shape index (κ3) is 2.12. The molecular formula is C11H18BN. The van der Waals surface area contributed by atoms with Crippen molar-refractivity contribution in [2.75, 3.05) is 19.0 Å². The number of rotatable bonds is 3. The minimum atomic E-state index is 1.12. The van der Waals surface area contributed by atoms with Crippen LogP contribution in [0.1, 0.15) is 24.9 Å². The molecular weight excluding hydrogens is 157 g/mol. The van der Waals surface area contributed by atoms with Crippen molar-refractivity contribution in [3.05, 3.63) is 23.1 Å². The second-order valence-electron chi connectivity index (χ2n) is 3.52. The van der Waals surface area contributed by atoms with E-state index < -0.39 is 0 Å². The first-order valence-electron chi connectivity index (χ1n) is 4.98. The summed E-state index contributed by atoms with van der Waals surface area (Å²) in [4.78, 5) is 2.19. The van der Waals surface area contributed by atoms with Crippen LogP contribution in [0.4, 0.5) is 5.69 Å². The Labute approximate surface area is 82.0 Å². The zero-order valence-electron chi connectivity index (χ0n) is 9.09. The molecule has 0 amide bonds. The minimum absolute atomic E-state index is 1.12. The van der Waals surface area contributed by atoms with Crippen molar-refractivity contribution in [3.63, 3.8) is 0 Å². The number of hydrogen-bond donors (Lipinski definition) is 0. The van der Waals surface area contributed by atoms with Crippen LogP contribution in [-0.4, -0.2) is 21.0 Å². The molecule has 1 rings (SSSR count). The molecule has 0 aliphatic heterocycles. The Morgan fingerprint density at radius 1 is 1.23 bits per heavy atom. The first kappa shape index (κ1) is 10.3. The molecule has 13 heavy (non-hydrogen) atoms. The maximum absolute atomic E-state index is 2.23. The summed E-state index contributed by atoms with van der Waals surface area (Å²) in [5.74, 6) is 2.15. The van der Waals surface area contributed by atoms with E-state index in [2.05, 4.69) is 51.8 Å². The van der Waals surface area contributed by atoms with Gasteiger partial charge in [-0.05, 0) is 0 Å². The zero-order valence-corrected chi connectivity index (χ0v) is 9.09. The molecule has 0 spiro atoms. The molecule has 0 saturated heterocycles. The molecule has 1 nitrogen and oxygen atoms in total. The van der Waals surface area contributed by atoms with E-state index in [4.69, 9.17) is 0 Å². The topological polar surface area (TPSA) is 3.24 Å². The molecule has 0 fully saturated rings. The molecule has 0 atom stereocenters. The summed E-state index contributed by atoms with van der Waals surface area (Å²) in [5, 5.41) is 0. The first-order chi connectivity index (χ1) is 6.20. The standard InChI is InChI=1S/C11H18BN/c1-5-9-10(6-2)12-8-7-11(9)13(3)4/h7-8H,5-6H2,1-4H3. The van der Waals surface area contributed by atoms with Gasteiger partial charge in [0.25, 0.3) is 0 Å². The number of hydrogen-bond acceptors (Lipinski definition) is 1. The van der Waals surface area contributed by atoms with Crippen LogP contribution >= 0.6 is 0 Å². The molecule has 70 valence electrons. The second kappa shape index (κ2) is 4.45. The molecule has 0 aromatic carbocycles. The van der Waals surface area contributed by atoms with Gasteiger partial charge in [-0.3, -0.25) is 0 Å². The van der Waals surface area contributed by atoms with Gasteiger partial charge in [0.05, 0.1) is 0 Å². The van der Waals surface area contributed by atoms with E-state index in [1.54, 1.807) is 0 Å². The molecule has 1 heterocycles. The normalized spacial score (nSPS) is 9.85. The molecule has 0 N–H and O–H groups in total. The molecule has 0 aliphatic rings. The molecule has 0 bridgehead atoms. The van der Waals surface area contributed by atoms with E-state index >= 15 is 0 Å². The van der Waals surface area contributed by atoms with Crippen LogP contribution in [0.2, 0.25) is 0 Å². The van der Waals surface area contributed by atoms with Crippen LogP contribution < -0.4 is 4.90 Å². The Balaban J connectivity index is 3.19. The Morgan fingerprint density at radius 3 is 2.38 bits per heavy atom. The summed E-state index contributed by atoms with van der Waals surface area (Å²) in [7, 11) is 4.21. The third-order valence-electron chi connectivity index (χ3n) is 2.46. The summed E-state index contributed by atoms with van der Waals surface area (Å²) < 4.78 is 0. The summed E-state index contributed by atoms with van der Waals surface area (Å²) in [6, 6.07) is 2.19. The average molecular weight is 175 g/mol. The van der Waals surface area contributed by atoms with Gasteiger partial charge in [0.15, 0.2) is 0 Å². The van der Waals surface area contributed by atoms with Crippen LogP contribution in [0, 0.1) is 0 Å². The summed E-state index contributed by atoms with van der Waals surface area (Å²) in [6.07, 6.45) is 2.25. The van der Waals surface area contributed by atoms with Crippen LogP contribution in [0.3, 0.4) is 0 Å². The van der Waals surface area contributed by atoms with E-state index in [-0.39, 0.29) is 0 Å². The SMILES string of the molecule is CCc1bccc(N(C)C)c1CC. The Hall–Kier alpha value is -0.785. The van der Waals surface area contributed by atoms with Gasteiger partial charge in [0.2, 0.25) is 0 Å². The summed E-state index contributed by atoms with van der Waals surface area (Å²) in [6.45, 7) is 6.67. The van der Waals surface area contributed by atoms with Gasteiger partial charge >= 0.3 is 81.3 Å². The van der Waals surface area contributed by atoms with E-state index in [0.29, 0.717) is 0 Å². The zero-order chi connectivity index (χ0) is 9.84. The fraction of sp³-hybridized carbons (Fsp3) is 0.545. The third-order valence-corrected chi connectivity index (χ3v) is 2.46. The average Bonchev–Trinajstić information content (AvgIpc) is 2.16. The van der Waals surface area contributed by atoms with Crippen molar-refractivity contribution < 1.29 is 0 Å². The van der Waals surface area contributed by atoms with Gasteiger partial charge in [-0.15, -0.1) is 0 Å². The Bertz CT molecular complexity index is 281. The van der Waals surface area contributed by atoms with Crippen molar-refractivity contribution in [1.29, 1.82) is 0 Å². The van der Waals surface area contributed by atoms with Crippen LogP contribution in [0.25, 0.3) is 0 Å². The Kier molecular flexibility index (Phi) is 3.53. The monoisotopic (exact) mass is 175 g/mol. The molecule has 0 aliphatic carbocycles. The molecule has 0 unspecified atom stereocenters. The van der Waals surface area contributed by atoms with Gasteiger partial charge in [-0.1, -0.05) is 0 Å². The molecule has 1 aromatic rings. The Morgan fingerprint density at radius 2 is 1.92 bits per heavy atom. The van der Waals surface area contributed by atoms with Crippen molar-refractivity contribution in [1.82, 2.24) is 0 Å². The summed E-state index contributed by atoms with van der Waals surface area (Å²) >= 11 is 0. The maximum atomic E-state index is 2.23. The van der Waals surface area contributed by atoms with Gasteiger partial charge in [0.1, 0.15) is 0 Å². The fourth-order valence-electron chi connectivity index (χ4n) is 1.78. The molecule has 1 aromatic heterocycles. The van der Waals surface area contributed by atoms with E-state index in [1.807, 2.05) is 0 Å².